The topological polar surface area (TPSA) is 33.2 Å². The van der Waals surface area contributed by atoms with Crippen LogP contribution in [0.15, 0.2) is 18.5 Å². The van der Waals surface area contributed by atoms with Gasteiger partial charge in [0, 0.05) is 18.0 Å². The van der Waals surface area contributed by atoms with Gasteiger partial charge in [-0.1, -0.05) is 13.8 Å². The zero-order valence-corrected chi connectivity index (χ0v) is 12.3. The molecule has 1 aromatic heterocycles. The van der Waals surface area contributed by atoms with Crippen molar-refractivity contribution in [1.29, 1.82) is 0 Å². The number of Topliss-reactive ketones (excluding diaryl/α,β-unsaturated/α-hetero) is 1. The molecule has 0 spiro atoms. The minimum Gasteiger partial charge on any atom is -0.292 e. The number of hydrogen-bond donors (Lipinski definition) is 0. The van der Waals surface area contributed by atoms with Crippen LogP contribution in [-0.2, 0) is 0 Å². The van der Waals surface area contributed by atoms with E-state index in [0.717, 1.165) is 37.1 Å². The molecule has 1 aliphatic heterocycles. The van der Waals surface area contributed by atoms with Crippen molar-refractivity contribution in [2.75, 3.05) is 13.1 Å². The number of carbonyl (C=O) groups is 1. The number of hydrogen-bond acceptors (Lipinski definition) is 3. The molecular formula is C16H24N2O. The van der Waals surface area contributed by atoms with E-state index >= 15 is 0 Å². The monoisotopic (exact) mass is 260 g/mol. The Morgan fingerprint density at radius 3 is 2.42 bits per heavy atom. The summed E-state index contributed by atoms with van der Waals surface area (Å²) in [6, 6.07) is 1.96. The van der Waals surface area contributed by atoms with Gasteiger partial charge in [-0.15, -0.1) is 0 Å². The highest BCUT2D eigenvalue weighted by molar-refractivity contribution is 6.03. The van der Waals surface area contributed by atoms with Crippen LogP contribution in [0.4, 0.5) is 0 Å². The summed E-state index contributed by atoms with van der Waals surface area (Å²) in [6.45, 7) is 8.34. The van der Waals surface area contributed by atoms with E-state index in [1.807, 2.05) is 13.0 Å². The molecule has 2 heterocycles. The number of carbonyl (C=O) groups excluding carboxylic acids is 1. The summed E-state index contributed by atoms with van der Waals surface area (Å²) in [5, 5.41) is 0. The van der Waals surface area contributed by atoms with E-state index in [1.54, 1.807) is 12.4 Å². The zero-order chi connectivity index (χ0) is 13.9. The molecule has 3 heteroatoms. The summed E-state index contributed by atoms with van der Waals surface area (Å²) >= 11 is 0. The highest BCUT2D eigenvalue weighted by atomic mass is 16.1. The van der Waals surface area contributed by atoms with Gasteiger partial charge in [-0.25, -0.2) is 0 Å². The molecule has 19 heavy (non-hydrogen) atoms. The van der Waals surface area contributed by atoms with E-state index in [1.165, 1.54) is 12.8 Å². The largest absolute Gasteiger partial charge is 0.292 e. The third-order valence-electron chi connectivity index (χ3n) is 4.44. The first-order valence-corrected chi connectivity index (χ1v) is 7.35. The van der Waals surface area contributed by atoms with Gasteiger partial charge in [0.25, 0.3) is 0 Å². The van der Waals surface area contributed by atoms with Crippen molar-refractivity contribution >= 4 is 5.78 Å². The van der Waals surface area contributed by atoms with E-state index in [0.29, 0.717) is 0 Å². The number of rotatable bonds is 5. The van der Waals surface area contributed by atoms with E-state index in [9.17, 15) is 4.79 Å². The molecule has 0 saturated carbocycles. The predicted molar refractivity (Wildman–Crippen MR) is 77.4 cm³/mol. The molecular weight excluding hydrogens is 236 g/mol. The summed E-state index contributed by atoms with van der Waals surface area (Å²) in [4.78, 5) is 19.5. The molecule has 0 unspecified atom stereocenters. The molecule has 0 radical (unpaired) electrons. The Morgan fingerprint density at radius 1 is 1.26 bits per heavy atom. The Hall–Kier alpha value is -1.22. The van der Waals surface area contributed by atoms with Crippen LogP contribution in [0.3, 0.4) is 0 Å². The normalized spacial score (nSPS) is 16.8. The Bertz CT molecular complexity index is 446. The van der Waals surface area contributed by atoms with Crippen molar-refractivity contribution < 1.29 is 4.79 Å². The maximum atomic E-state index is 13.0. The number of ketones is 1. The van der Waals surface area contributed by atoms with Crippen LogP contribution in [-0.4, -0.2) is 34.3 Å². The van der Waals surface area contributed by atoms with E-state index < -0.39 is 0 Å². The predicted octanol–water partition coefficient (Wildman–Crippen LogP) is 3.23. The fourth-order valence-corrected chi connectivity index (χ4v) is 3.25. The number of aryl methyl sites for hydroxylation is 1. The van der Waals surface area contributed by atoms with Gasteiger partial charge in [-0.05, 0) is 57.3 Å². The summed E-state index contributed by atoms with van der Waals surface area (Å²) in [7, 11) is 0. The lowest BCUT2D eigenvalue weighted by atomic mass is 9.83. The smallest absolute Gasteiger partial charge is 0.184 e. The molecule has 0 bridgehead atoms. The Kier molecular flexibility index (Phi) is 4.35. The second kappa shape index (κ2) is 5.83. The van der Waals surface area contributed by atoms with Gasteiger partial charge < -0.3 is 0 Å². The summed E-state index contributed by atoms with van der Waals surface area (Å²) in [5.74, 6) is 0.246. The van der Waals surface area contributed by atoms with Crippen LogP contribution in [0.5, 0.6) is 0 Å². The van der Waals surface area contributed by atoms with Gasteiger partial charge in [-0.3, -0.25) is 14.7 Å². The SMILES string of the molecule is CCC(CC)(C(=O)c1cncc(C)c1)N1CCCC1. The van der Waals surface area contributed by atoms with Crippen molar-refractivity contribution in [3.05, 3.63) is 29.6 Å². The van der Waals surface area contributed by atoms with Gasteiger partial charge >= 0.3 is 0 Å². The molecule has 0 aromatic carbocycles. The van der Waals surface area contributed by atoms with Crippen molar-refractivity contribution in [2.45, 2.75) is 52.0 Å². The molecule has 3 nitrogen and oxygen atoms in total. The average molecular weight is 260 g/mol. The molecule has 104 valence electrons. The van der Waals surface area contributed by atoms with Crippen LogP contribution in [0, 0.1) is 6.92 Å². The molecule has 1 saturated heterocycles. The minimum atomic E-state index is -0.327. The molecule has 0 amide bonds. The standard InChI is InChI=1S/C16H24N2O/c1-4-16(5-2,18-8-6-7-9-18)15(19)14-10-13(3)11-17-12-14/h10-12H,4-9H2,1-3H3. The summed E-state index contributed by atoms with van der Waals surface area (Å²) in [5.41, 5.74) is 1.48. The lowest BCUT2D eigenvalue weighted by Crippen LogP contribution is -2.52. The van der Waals surface area contributed by atoms with Crippen molar-refractivity contribution in [1.82, 2.24) is 9.88 Å². The number of aromatic nitrogens is 1. The highest BCUT2D eigenvalue weighted by Gasteiger charge is 2.42. The second-order valence-corrected chi connectivity index (χ2v) is 5.51. The summed E-state index contributed by atoms with van der Waals surface area (Å²) in [6.07, 6.45) is 7.67. The van der Waals surface area contributed by atoms with Crippen molar-refractivity contribution in [2.24, 2.45) is 0 Å². The Labute approximate surface area is 116 Å². The van der Waals surface area contributed by atoms with E-state index in [4.69, 9.17) is 0 Å². The van der Waals surface area contributed by atoms with Crippen molar-refractivity contribution in [3.63, 3.8) is 0 Å². The first-order valence-electron chi connectivity index (χ1n) is 7.35. The zero-order valence-electron chi connectivity index (χ0n) is 12.3. The highest BCUT2D eigenvalue weighted by Crippen LogP contribution is 2.31. The van der Waals surface area contributed by atoms with Crippen LogP contribution in [0.2, 0.25) is 0 Å². The van der Waals surface area contributed by atoms with Gasteiger partial charge in [-0.2, -0.15) is 0 Å². The van der Waals surface area contributed by atoms with E-state index in [-0.39, 0.29) is 11.3 Å². The maximum Gasteiger partial charge on any atom is 0.184 e. The molecule has 0 N–H and O–H groups in total. The second-order valence-electron chi connectivity index (χ2n) is 5.51. The van der Waals surface area contributed by atoms with Gasteiger partial charge in [0.05, 0.1) is 5.54 Å². The van der Waals surface area contributed by atoms with Gasteiger partial charge in [0.2, 0.25) is 0 Å². The molecule has 0 atom stereocenters. The van der Waals surface area contributed by atoms with Crippen LogP contribution in [0.25, 0.3) is 0 Å². The molecule has 0 aliphatic carbocycles. The molecule has 1 aliphatic rings. The maximum absolute atomic E-state index is 13.0. The van der Waals surface area contributed by atoms with E-state index in [2.05, 4.69) is 23.7 Å². The lowest BCUT2D eigenvalue weighted by Gasteiger charge is -2.39. The Morgan fingerprint density at radius 2 is 1.89 bits per heavy atom. The fourth-order valence-electron chi connectivity index (χ4n) is 3.25. The van der Waals surface area contributed by atoms with Gasteiger partial charge in [0.15, 0.2) is 5.78 Å². The lowest BCUT2D eigenvalue weighted by molar-refractivity contribution is 0.0581. The minimum absolute atomic E-state index is 0.246. The third kappa shape index (κ3) is 2.57. The fraction of sp³-hybridized carbons (Fsp3) is 0.625. The number of nitrogens with zero attached hydrogens (tertiary/aromatic N) is 2. The first-order chi connectivity index (χ1) is 9.14. The molecule has 1 fully saturated rings. The van der Waals surface area contributed by atoms with Crippen LogP contribution >= 0.6 is 0 Å². The summed E-state index contributed by atoms with van der Waals surface area (Å²) < 4.78 is 0. The number of pyridine rings is 1. The Balaban J connectivity index is 2.35. The third-order valence-corrected chi connectivity index (χ3v) is 4.44. The molecule has 2 rings (SSSR count). The average Bonchev–Trinajstić information content (AvgIpc) is 2.95. The number of likely N-dealkylation sites (tertiary alicyclic amines) is 1. The van der Waals surface area contributed by atoms with Gasteiger partial charge in [0.1, 0.15) is 0 Å². The van der Waals surface area contributed by atoms with Crippen LogP contribution in [0.1, 0.15) is 55.5 Å². The van der Waals surface area contributed by atoms with Crippen molar-refractivity contribution in [3.8, 4) is 0 Å². The van der Waals surface area contributed by atoms with Crippen LogP contribution < -0.4 is 0 Å². The molecule has 1 aromatic rings. The quantitative estimate of drug-likeness (QED) is 0.762. The first kappa shape index (κ1) is 14.2.